The second kappa shape index (κ2) is 10.4. The smallest absolute Gasteiger partial charge is 0.193 e. The predicted octanol–water partition coefficient (Wildman–Crippen LogP) is 2.55. The molecular weight excluding hydrogens is 411 g/mol. The number of ether oxygens (including phenoxy) is 1. The number of hydrogen-bond acceptors (Lipinski definition) is 4. The average molecular weight is 438 g/mol. The summed E-state index contributed by atoms with van der Waals surface area (Å²) in [6, 6.07) is 0. The van der Waals surface area contributed by atoms with Crippen molar-refractivity contribution in [3.8, 4) is 0 Å². The van der Waals surface area contributed by atoms with E-state index in [1.807, 2.05) is 20.2 Å². The quantitative estimate of drug-likeness (QED) is 0.422. The molecule has 0 radical (unpaired) electrons. The van der Waals surface area contributed by atoms with E-state index in [0.717, 1.165) is 45.2 Å². The largest absolute Gasteiger partial charge is 0.381 e. The average Bonchev–Trinajstić information content (AvgIpc) is 3.10. The van der Waals surface area contributed by atoms with Gasteiger partial charge in [-0.25, -0.2) is 4.98 Å². The van der Waals surface area contributed by atoms with Crippen LogP contribution in [0, 0.1) is 12.8 Å². The molecule has 22 heavy (non-hydrogen) atoms. The Hall–Kier alpha value is -0.410. The summed E-state index contributed by atoms with van der Waals surface area (Å²) >= 11 is 1.77. The van der Waals surface area contributed by atoms with Gasteiger partial charge in [0, 0.05) is 56.7 Å². The Labute approximate surface area is 154 Å². The molecule has 0 amide bonds. The van der Waals surface area contributed by atoms with E-state index in [0.29, 0.717) is 5.92 Å². The molecule has 2 rings (SSSR count). The van der Waals surface area contributed by atoms with Gasteiger partial charge in [0.1, 0.15) is 0 Å². The Kier molecular flexibility index (Phi) is 9.27. The van der Waals surface area contributed by atoms with Crippen molar-refractivity contribution in [3.63, 3.8) is 0 Å². The zero-order valence-electron chi connectivity index (χ0n) is 13.7. The predicted molar refractivity (Wildman–Crippen MR) is 104 cm³/mol. The van der Waals surface area contributed by atoms with Gasteiger partial charge in [-0.3, -0.25) is 4.99 Å². The number of hydrogen-bond donors (Lipinski definition) is 1. The van der Waals surface area contributed by atoms with Gasteiger partial charge in [0.2, 0.25) is 0 Å². The van der Waals surface area contributed by atoms with Crippen LogP contribution in [0.4, 0.5) is 0 Å². The summed E-state index contributed by atoms with van der Waals surface area (Å²) in [5, 5.41) is 4.63. The lowest BCUT2D eigenvalue weighted by atomic mass is 10.1. The highest BCUT2D eigenvalue weighted by atomic mass is 127. The molecule has 1 saturated heterocycles. The van der Waals surface area contributed by atoms with Crippen LogP contribution in [0.25, 0.3) is 0 Å². The van der Waals surface area contributed by atoms with Gasteiger partial charge >= 0.3 is 0 Å². The molecule has 0 bridgehead atoms. The normalized spacial score (nSPS) is 18.4. The number of aryl methyl sites for hydroxylation is 1. The van der Waals surface area contributed by atoms with E-state index in [-0.39, 0.29) is 24.0 Å². The van der Waals surface area contributed by atoms with Crippen LogP contribution in [0.1, 0.15) is 23.2 Å². The second-order valence-corrected chi connectivity index (χ2v) is 6.67. The molecule has 2 heterocycles. The third kappa shape index (κ3) is 6.00. The number of aliphatic imine (C=N–C) groups is 1. The van der Waals surface area contributed by atoms with Crippen molar-refractivity contribution >= 4 is 41.3 Å². The van der Waals surface area contributed by atoms with Gasteiger partial charge in [0.15, 0.2) is 5.96 Å². The van der Waals surface area contributed by atoms with E-state index >= 15 is 0 Å². The van der Waals surface area contributed by atoms with Crippen molar-refractivity contribution in [2.45, 2.75) is 26.7 Å². The van der Waals surface area contributed by atoms with Gasteiger partial charge < -0.3 is 15.0 Å². The van der Waals surface area contributed by atoms with E-state index in [4.69, 9.17) is 4.74 Å². The Morgan fingerprint density at radius 2 is 2.41 bits per heavy atom. The third-order valence-corrected chi connectivity index (χ3v) is 4.62. The summed E-state index contributed by atoms with van der Waals surface area (Å²) in [7, 11) is 1.85. The van der Waals surface area contributed by atoms with Crippen molar-refractivity contribution < 1.29 is 4.74 Å². The van der Waals surface area contributed by atoms with E-state index in [9.17, 15) is 0 Å². The molecule has 5 nitrogen and oxygen atoms in total. The zero-order valence-corrected chi connectivity index (χ0v) is 16.8. The lowest BCUT2D eigenvalue weighted by Crippen LogP contribution is -2.41. The fraction of sp³-hybridized carbons (Fsp3) is 0.733. The first-order valence-corrected chi connectivity index (χ1v) is 8.49. The van der Waals surface area contributed by atoms with Crippen LogP contribution in [-0.2, 0) is 11.2 Å². The number of nitrogens with zero attached hydrogens (tertiary/aromatic N) is 3. The molecule has 1 aliphatic heterocycles. The maximum absolute atomic E-state index is 5.53. The van der Waals surface area contributed by atoms with Crippen LogP contribution in [-0.4, -0.2) is 55.7 Å². The van der Waals surface area contributed by atoms with Crippen LogP contribution >= 0.6 is 35.3 Å². The van der Waals surface area contributed by atoms with Gasteiger partial charge in [0.25, 0.3) is 0 Å². The van der Waals surface area contributed by atoms with Crippen molar-refractivity contribution in [2.75, 3.05) is 39.9 Å². The number of halogens is 1. The zero-order chi connectivity index (χ0) is 15.1. The molecule has 1 aromatic rings. The van der Waals surface area contributed by atoms with Gasteiger partial charge in [-0.2, -0.15) is 0 Å². The van der Waals surface area contributed by atoms with Crippen LogP contribution < -0.4 is 5.32 Å². The summed E-state index contributed by atoms with van der Waals surface area (Å²) < 4.78 is 5.53. The van der Waals surface area contributed by atoms with Gasteiger partial charge in [-0.1, -0.05) is 0 Å². The first-order valence-electron chi connectivity index (χ1n) is 7.67. The third-order valence-electron chi connectivity index (χ3n) is 3.65. The number of guanidine groups is 1. The molecule has 0 aromatic carbocycles. The Morgan fingerprint density at radius 1 is 1.59 bits per heavy atom. The first kappa shape index (κ1) is 19.6. The molecule has 126 valence electrons. The second-order valence-electron chi connectivity index (χ2n) is 5.35. The first-order chi connectivity index (χ1) is 10.2. The minimum absolute atomic E-state index is 0. The molecule has 1 aliphatic rings. The highest BCUT2D eigenvalue weighted by Gasteiger charge is 2.24. The van der Waals surface area contributed by atoms with Gasteiger partial charge in [-0.15, -0.1) is 35.3 Å². The monoisotopic (exact) mass is 438 g/mol. The van der Waals surface area contributed by atoms with E-state index in [1.165, 1.54) is 16.3 Å². The Balaban J connectivity index is 0.00000242. The van der Waals surface area contributed by atoms with E-state index in [2.05, 4.69) is 27.1 Å². The van der Waals surface area contributed by atoms with Gasteiger partial charge in [0.05, 0.1) is 11.6 Å². The molecule has 1 atom stereocenters. The molecule has 1 fully saturated rings. The summed E-state index contributed by atoms with van der Waals surface area (Å²) in [6.45, 7) is 8.79. The van der Waals surface area contributed by atoms with Crippen molar-refractivity contribution in [2.24, 2.45) is 10.9 Å². The highest BCUT2D eigenvalue weighted by Crippen LogP contribution is 2.16. The molecule has 7 heteroatoms. The van der Waals surface area contributed by atoms with Crippen LogP contribution in [0.3, 0.4) is 0 Å². The minimum Gasteiger partial charge on any atom is -0.381 e. The number of rotatable bonds is 6. The fourth-order valence-electron chi connectivity index (χ4n) is 2.58. The number of thiazole rings is 1. The minimum atomic E-state index is 0. The molecule has 0 spiro atoms. The molecular formula is C15H27IN4OS. The number of nitrogens with one attached hydrogen (secondary N) is 1. The molecule has 1 unspecified atom stereocenters. The summed E-state index contributed by atoms with van der Waals surface area (Å²) in [6.07, 6.45) is 4.08. The van der Waals surface area contributed by atoms with Crippen LogP contribution in [0.15, 0.2) is 11.2 Å². The highest BCUT2D eigenvalue weighted by molar-refractivity contribution is 14.0. The topological polar surface area (TPSA) is 49.8 Å². The SMILES string of the molecule is CCOCC1CCN(C(=NC)NCCc2ncc(C)s2)C1.I. The Morgan fingerprint density at radius 3 is 3.05 bits per heavy atom. The fourth-order valence-corrected chi connectivity index (χ4v) is 3.36. The maximum atomic E-state index is 5.53. The van der Waals surface area contributed by atoms with Crippen molar-refractivity contribution in [1.29, 1.82) is 0 Å². The lowest BCUT2D eigenvalue weighted by molar-refractivity contribution is 0.114. The summed E-state index contributed by atoms with van der Waals surface area (Å²) in [4.78, 5) is 12.4. The standard InChI is InChI=1S/C15H26N4OS.HI/c1-4-20-11-13-6-8-19(10-13)15(16-3)17-7-5-14-18-9-12(2)21-14;/h9,13H,4-8,10-11H2,1-3H3,(H,16,17);1H. The van der Waals surface area contributed by atoms with Crippen molar-refractivity contribution in [1.82, 2.24) is 15.2 Å². The molecule has 0 aliphatic carbocycles. The van der Waals surface area contributed by atoms with Crippen LogP contribution in [0.5, 0.6) is 0 Å². The van der Waals surface area contributed by atoms with E-state index in [1.54, 1.807) is 11.3 Å². The van der Waals surface area contributed by atoms with Crippen molar-refractivity contribution in [3.05, 3.63) is 16.1 Å². The Bertz CT molecular complexity index is 466. The molecule has 1 aromatic heterocycles. The number of likely N-dealkylation sites (tertiary alicyclic amines) is 1. The van der Waals surface area contributed by atoms with E-state index < -0.39 is 0 Å². The van der Waals surface area contributed by atoms with Crippen LogP contribution in [0.2, 0.25) is 0 Å². The molecule has 1 N–H and O–H groups in total. The summed E-state index contributed by atoms with van der Waals surface area (Å²) in [5.74, 6) is 1.63. The molecule has 0 saturated carbocycles. The maximum Gasteiger partial charge on any atom is 0.193 e. The summed E-state index contributed by atoms with van der Waals surface area (Å²) in [5.41, 5.74) is 0. The number of aromatic nitrogens is 1. The van der Waals surface area contributed by atoms with Gasteiger partial charge in [-0.05, 0) is 20.3 Å². The lowest BCUT2D eigenvalue weighted by Gasteiger charge is -2.21.